The first-order valence-corrected chi connectivity index (χ1v) is 6.76. The molecule has 1 N–H and O–H groups in total. The molecular weight excluding hydrogens is 271 g/mol. The van der Waals surface area contributed by atoms with Crippen LogP contribution in [-0.4, -0.2) is 6.04 Å². The van der Waals surface area contributed by atoms with Gasteiger partial charge in [-0.05, 0) is 24.3 Å². The van der Waals surface area contributed by atoms with E-state index < -0.39 is 17.5 Å². The third kappa shape index (κ3) is 3.16. The maximum absolute atomic E-state index is 13.6. The van der Waals surface area contributed by atoms with Gasteiger partial charge < -0.3 is 5.32 Å². The summed E-state index contributed by atoms with van der Waals surface area (Å²) in [5, 5.41) is 3.24. The van der Waals surface area contributed by atoms with Crippen molar-refractivity contribution < 1.29 is 13.2 Å². The van der Waals surface area contributed by atoms with E-state index in [0.29, 0.717) is 17.5 Å². The zero-order valence-electron chi connectivity index (χ0n) is 10.6. The van der Waals surface area contributed by atoms with E-state index in [1.165, 1.54) is 17.4 Å². The van der Waals surface area contributed by atoms with Crippen LogP contribution in [-0.2, 0) is 6.54 Å². The number of nitrogens with one attached hydrogen (secondary N) is 1. The van der Waals surface area contributed by atoms with Crippen molar-refractivity contribution in [3.63, 3.8) is 0 Å². The fourth-order valence-electron chi connectivity index (χ4n) is 1.64. The van der Waals surface area contributed by atoms with E-state index >= 15 is 0 Å². The van der Waals surface area contributed by atoms with Crippen molar-refractivity contribution in [1.82, 2.24) is 5.32 Å². The minimum absolute atomic E-state index is 0.0969. The lowest BCUT2D eigenvalue weighted by molar-refractivity contribution is 0.449. The second kappa shape index (κ2) is 5.75. The molecule has 0 unspecified atom stereocenters. The van der Waals surface area contributed by atoms with Crippen LogP contribution in [0, 0.1) is 17.5 Å². The molecular formula is C14H14F3NS. The Morgan fingerprint density at radius 1 is 1.05 bits per heavy atom. The molecule has 0 aliphatic carbocycles. The van der Waals surface area contributed by atoms with Crippen LogP contribution in [0.25, 0.3) is 10.4 Å². The van der Waals surface area contributed by atoms with Gasteiger partial charge in [-0.25, -0.2) is 13.2 Å². The normalized spacial score (nSPS) is 11.3. The van der Waals surface area contributed by atoms with Gasteiger partial charge in [0.05, 0.1) is 0 Å². The highest BCUT2D eigenvalue weighted by Gasteiger charge is 2.15. The standard InChI is InChI=1S/C14H14F3NS/c1-8(2)18-7-9-3-6-12(19-9)10-4-5-11(15)14(17)13(10)16/h3-6,8,18H,7H2,1-2H3. The Balaban J connectivity index is 2.26. The van der Waals surface area contributed by atoms with Gasteiger partial charge in [0.2, 0.25) is 0 Å². The van der Waals surface area contributed by atoms with Crippen LogP contribution >= 0.6 is 11.3 Å². The maximum Gasteiger partial charge on any atom is 0.195 e. The van der Waals surface area contributed by atoms with Crippen molar-refractivity contribution in [3.8, 4) is 10.4 Å². The highest BCUT2D eigenvalue weighted by Crippen LogP contribution is 2.31. The molecule has 2 aromatic rings. The second-order valence-electron chi connectivity index (χ2n) is 4.52. The van der Waals surface area contributed by atoms with Gasteiger partial charge in [-0.3, -0.25) is 0 Å². The lowest BCUT2D eigenvalue weighted by Crippen LogP contribution is -2.21. The quantitative estimate of drug-likeness (QED) is 0.824. The fourth-order valence-corrected chi connectivity index (χ4v) is 2.62. The van der Waals surface area contributed by atoms with Crippen LogP contribution in [0.3, 0.4) is 0 Å². The van der Waals surface area contributed by atoms with Gasteiger partial charge in [-0.2, -0.15) is 0 Å². The fraction of sp³-hybridized carbons (Fsp3) is 0.286. The van der Waals surface area contributed by atoms with Gasteiger partial charge in [-0.1, -0.05) is 13.8 Å². The van der Waals surface area contributed by atoms with E-state index in [4.69, 9.17) is 0 Å². The van der Waals surface area contributed by atoms with Crippen molar-refractivity contribution in [2.24, 2.45) is 0 Å². The molecule has 19 heavy (non-hydrogen) atoms. The van der Waals surface area contributed by atoms with Crippen molar-refractivity contribution in [3.05, 3.63) is 46.6 Å². The molecule has 0 fully saturated rings. The Kier molecular flexibility index (Phi) is 4.27. The number of benzene rings is 1. The lowest BCUT2D eigenvalue weighted by Gasteiger charge is -2.05. The zero-order chi connectivity index (χ0) is 14.0. The average Bonchev–Trinajstić information content (AvgIpc) is 2.82. The number of thiophene rings is 1. The second-order valence-corrected chi connectivity index (χ2v) is 5.69. The Hall–Kier alpha value is -1.33. The molecule has 1 heterocycles. The van der Waals surface area contributed by atoms with E-state index in [1.807, 2.05) is 19.9 Å². The number of hydrogen-bond donors (Lipinski definition) is 1. The Bertz CT molecular complexity index is 578. The molecule has 0 spiro atoms. The van der Waals surface area contributed by atoms with Gasteiger partial charge in [0.15, 0.2) is 17.5 Å². The Labute approximate surface area is 114 Å². The van der Waals surface area contributed by atoms with Crippen LogP contribution in [0.5, 0.6) is 0 Å². The number of halogens is 3. The van der Waals surface area contributed by atoms with Crippen LogP contribution in [0.2, 0.25) is 0 Å². The summed E-state index contributed by atoms with van der Waals surface area (Å²) in [4.78, 5) is 1.62. The Morgan fingerprint density at radius 3 is 2.47 bits per heavy atom. The number of hydrogen-bond acceptors (Lipinski definition) is 2. The van der Waals surface area contributed by atoms with Crippen molar-refractivity contribution >= 4 is 11.3 Å². The summed E-state index contributed by atoms with van der Waals surface area (Å²) in [6, 6.07) is 6.14. The first-order valence-electron chi connectivity index (χ1n) is 5.95. The van der Waals surface area contributed by atoms with E-state index in [2.05, 4.69) is 5.32 Å². The monoisotopic (exact) mass is 285 g/mol. The molecule has 1 aromatic carbocycles. The molecule has 0 aliphatic heterocycles. The summed E-state index contributed by atoms with van der Waals surface area (Å²) >= 11 is 1.37. The first kappa shape index (κ1) is 14.1. The molecule has 102 valence electrons. The molecule has 2 rings (SSSR count). The van der Waals surface area contributed by atoms with E-state index in [-0.39, 0.29) is 5.56 Å². The van der Waals surface area contributed by atoms with Crippen molar-refractivity contribution in [1.29, 1.82) is 0 Å². The zero-order valence-corrected chi connectivity index (χ0v) is 11.5. The average molecular weight is 285 g/mol. The van der Waals surface area contributed by atoms with Crippen LogP contribution in [0.15, 0.2) is 24.3 Å². The van der Waals surface area contributed by atoms with Crippen LogP contribution in [0.1, 0.15) is 18.7 Å². The lowest BCUT2D eigenvalue weighted by atomic mass is 10.1. The molecule has 5 heteroatoms. The highest BCUT2D eigenvalue weighted by atomic mass is 32.1. The molecule has 0 radical (unpaired) electrons. The summed E-state index contributed by atoms with van der Waals surface area (Å²) in [7, 11) is 0. The third-order valence-electron chi connectivity index (χ3n) is 2.65. The summed E-state index contributed by atoms with van der Waals surface area (Å²) in [5.41, 5.74) is 0.0969. The van der Waals surface area contributed by atoms with E-state index in [0.717, 1.165) is 10.9 Å². The molecule has 0 saturated heterocycles. The van der Waals surface area contributed by atoms with E-state index in [1.54, 1.807) is 6.07 Å². The van der Waals surface area contributed by atoms with Crippen molar-refractivity contribution in [2.75, 3.05) is 0 Å². The molecule has 0 amide bonds. The molecule has 0 aliphatic rings. The summed E-state index contributed by atoms with van der Waals surface area (Å²) in [6.45, 7) is 4.74. The largest absolute Gasteiger partial charge is 0.310 e. The van der Waals surface area contributed by atoms with Gasteiger partial charge >= 0.3 is 0 Å². The minimum Gasteiger partial charge on any atom is -0.310 e. The van der Waals surface area contributed by atoms with Gasteiger partial charge in [0.25, 0.3) is 0 Å². The maximum atomic E-state index is 13.6. The summed E-state index contributed by atoms with van der Waals surface area (Å²) in [6.07, 6.45) is 0. The van der Waals surface area contributed by atoms with Crippen molar-refractivity contribution in [2.45, 2.75) is 26.4 Å². The van der Waals surface area contributed by atoms with E-state index in [9.17, 15) is 13.2 Å². The van der Waals surface area contributed by atoms with Crippen LogP contribution in [0.4, 0.5) is 13.2 Å². The molecule has 0 bridgehead atoms. The summed E-state index contributed by atoms with van der Waals surface area (Å²) in [5.74, 6) is -3.72. The predicted octanol–water partition coefficient (Wildman–Crippen LogP) is 4.33. The molecule has 1 nitrogen and oxygen atoms in total. The number of rotatable bonds is 4. The third-order valence-corrected chi connectivity index (χ3v) is 3.77. The topological polar surface area (TPSA) is 12.0 Å². The van der Waals surface area contributed by atoms with Gasteiger partial charge in [0, 0.05) is 27.9 Å². The molecule has 0 atom stereocenters. The molecule has 0 saturated carbocycles. The first-order chi connectivity index (χ1) is 8.99. The minimum atomic E-state index is -1.42. The summed E-state index contributed by atoms with van der Waals surface area (Å²) < 4.78 is 39.7. The highest BCUT2D eigenvalue weighted by molar-refractivity contribution is 7.15. The molecule has 1 aromatic heterocycles. The SMILES string of the molecule is CC(C)NCc1ccc(-c2ccc(F)c(F)c2F)s1. The smallest absolute Gasteiger partial charge is 0.195 e. The van der Waals surface area contributed by atoms with Crippen LogP contribution < -0.4 is 5.32 Å². The Morgan fingerprint density at radius 2 is 1.79 bits per heavy atom. The predicted molar refractivity (Wildman–Crippen MR) is 71.6 cm³/mol. The van der Waals surface area contributed by atoms with Gasteiger partial charge in [0.1, 0.15) is 0 Å². The van der Waals surface area contributed by atoms with Gasteiger partial charge in [-0.15, -0.1) is 11.3 Å².